The van der Waals surface area contributed by atoms with E-state index < -0.39 is 0 Å². The van der Waals surface area contributed by atoms with Crippen LogP contribution in [0.15, 0.2) is 195 Å². The van der Waals surface area contributed by atoms with Crippen LogP contribution >= 0.6 is 34.8 Å². The first-order chi connectivity index (χ1) is 56.6. The van der Waals surface area contributed by atoms with Gasteiger partial charge in [0, 0.05) is 127 Å². The largest absolute Gasteiger partial charge is 0.457 e. The van der Waals surface area contributed by atoms with Crippen molar-refractivity contribution < 1.29 is 69.2 Å². The number of carbonyl (C=O) groups is 3. The second-order valence-corrected chi connectivity index (χ2v) is 29.0. The van der Waals surface area contributed by atoms with Crippen LogP contribution < -0.4 is 36.7 Å². The van der Waals surface area contributed by atoms with Crippen LogP contribution in [0, 0.1) is 31.1 Å². The first-order valence-corrected chi connectivity index (χ1v) is 40.0. The number of fused-ring (bicyclic) bond motifs is 3. The SMILES string of the molecule is C=CC(=O)N1CCC[C@@H](n2nc(-c3ccc(Oc4ccccc4)cc3)c3c(N)ncnc32)C1.CC1CCCO1.CC1CCCO1.Nc1ncnc2c1c(-c1ccc(Oc3ccccc3)cc1)nn2[C@@H]1CCCN(C(=O)CCCl)C1.Nc1ncnc2c1c(-c1ccc(Oc3ccccc3)cc1)nn2[C@@H]1CCCNC1.O=C(Cl)CCCl.[2H][B].[U]. The number of alkyl halides is 2. The van der Waals surface area contributed by atoms with Gasteiger partial charge in [-0.3, -0.25) is 14.4 Å². The first-order valence-electron chi connectivity index (χ1n) is 39.1. The van der Waals surface area contributed by atoms with Crippen LogP contribution in [-0.4, -0.2) is 172 Å². The average Bonchev–Trinajstić information content (AvgIpc) is 1.62. The molecule has 116 heavy (non-hydrogen) atoms. The van der Waals surface area contributed by atoms with Crippen LogP contribution in [0.25, 0.3) is 66.9 Å². The van der Waals surface area contributed by atoms with E-state index >= 15 is 0 Å². The van der Waals surface area contributed by atoms with E-state index in [2.05, 4.69) is 64.0 Å². The number of piperidine rings is 3. The summed E-state index contributed by atoms with van der Waals surface area (Å²) in [5.41, 5.74) is 25.8. The number of nitrogens with two attached hydrogens (primary N) is 3. The zero-order chi connectivity index (χ0) is 81.7. The zero-order valence-corrected chi connectivity index (χ0v) is 71.4. The van der Waals surface area contributed by atoms with Crippen LogP contribution in [0.1, 0.15) is 109 Å². The number of hydrogen-bond acceptors (Lipinski definition) is 21. The number of amides is 2. The standard InChI is InChI=1S/C25H25ClN6O2.C25H24N6O2.C22H22N6O.2C5H10O.C3H4Cl2O.BH.U/c26-13-12-21(33)31-14-4-5-18(15-31)32-25-22(24(27)28-16-29-25)23(30-32)17-8-10-20(11-9-17)34-19-6-2-1-3-7-19;1-2-21(32)30-14-6-7-18(15-30)31-25-22(24(26)27-16-28-25)23(29-31)17-10-12-20(13-11-17)33-19-8-4-3-5-9-19;23-21-19-20(15-8-10-18(11-9-15)29-17-6-2-1-3-7-17)27-28(22(19)26-14-25-21)16-5-4-12-24-13-16;2*1-5-3-2-4-6-5;4-2-1-3(5)6;;/h1-3,6-11,16,18H,4-5,12-15H2,(H2,27,28,29);2-5,8-13,16,18H,1,6-7,14-15H2,(H2,26,27,28);1-3,6-11,14,16,24H,4-5,12-13H2,(H2,23,25,26);2*5H,2-4H2,1H3;1-2H2;1H;/t2*18-;16-;;;;;/m111...../s1/i;;;;;;1D;. The van der Waals surface area contributed by atoms with Gasteiger partial charge in [-0.2, -0.15) is 15.3 Å². The number of ether oxygens (including phenoxy) is 5. The summed E-state index contributed by atoms with van der Waals surface area (Å²) >= 11 is 15.7. The van der Waals surface area contributed by atoms with Crippen molar-refractivity contribution in [3.8, 4) is 68.3 Å². The van der Waals surface area contributed by atoms with Crippen molar-refractivity contribution in [1.82, 2.24) is 74.4 Å². The molecule has 26 nitrogen and oxygen atoms in total. The molecule has 602 valence electrons. The van der Waals surface area contributed by atoms with Crippen LogP contribution in [-0.2, 0) is 23.9 Å². The van der Waals surface area contributed by atoms with Crippen molar-refractivity contribution in [2.24, 2.45) is 0 Å². The second-order valence-electron chi connectivity index (χ2n) is 27.9. The third kappa shape index (κ3) is 23.6. The summed E-state index contributed by atoms with van der Waals surface area (Å²) in [6, 6.07) is 52.5. The third-order valence-electron chi connectivity index (χ3n) is 19.7. The number of nitrogen functional groups attached to an aromatic ring is 3. The molecule has 12 aromatic rings. The molecule has 2 amide bonds. The molecule has 5 saturated heterocycles. The zero-order valence-electron chi connectivity index (χ0n) is 66.0. The molecule has 6 aromatic heterocycles. The number of nitrogens with zero attached hydrogens (tertiary/aromatic N) is 14. The summed E-state index contributed by atoms with van der Waals surface area (Å²) in [5.74, 6) is 6.41. The maximum Gasteiger partial charge on any atom is 0.246 e. The summed E-state index contributed by atoms with van der Waals surface area (Å²) in [5, 5.41) is 20.0. The molecule has 0 spiro atoms. The summed E-state index contributed by atoms with van der Waals surface area (Å²) in [7, 11) is 3.75. The van der Waals surface area contributed by atoms with Crippen LogP contribution in [0.3, 0.4) is 0 Å². The number of likely N-dealkylation sites (tertiary alicyclic amines) is 2. The number of hydrogen-bond donors (Lipinski definition) is 4. The summed E-state index contributed by atoms with van der Waals surface area (Å²) in [4.78, 5) is 64.1. The maximum absolute atomic E-state index is 12.4. The molecule has 7 N–H and O–H groups in total. The molecule has 0 saturated carbocycles. The predicted octanol–water partition coefficient (Wildman–Crippen LogP) is 15.8. The van der Waals surface area contributed by atoms with Gasteiger partial charge in [0.05, 0.1) is 46.5 Å². The van der Waals surface area contributed by atoms with Gasteiger partial charge in [0.2, 0.25) is 17.1 Å². The Kier molecular flexibility index (Phi) is 33.2. The number of nitrogens with one attached hydrogen (secondary N) is 1. The Morgan fingerprint density at radius 1 is 0.500 bits per heavy atom. The Labute approximate surface area is 716 Å². The Morgan fingerprint density at radius 2 is 0.853 bits per heavy atom. The van der Waals surface area contributed by atoms with Gasteiger partial charge in [0.15, 0.2) is 16.9 Å². The van der Waals surface area contributed by atoms with Crippen molar-refractivity contribution in [3.63, 3.8) is 0 Å². The van der Waals surface area contributed by atoms with Crippen molar-refractivity contribution in [1.29, 1.82) is 1.34 Å². The average molecular weight is 1850 g/mol. The van der Waals surface area contributed by atoms with E-state index in [0.717, 1.165) is 139 Å². The molecule has 5 aliphatic rings. The minimum absolute atomic E-state index is 0. The summed E-state index contributed by atoms with van der Waals surface area (Å²) in [6.45, 7) is 14.3. The number of carbonyl (C=O) groups excluding carboxylic acids is 3. The van der Waals surface area contributed by atoms with Crippen LogP contribution in [0.2, 0.25) is 0 Å². The minimum atomic E-state index is -0.370. The Morgan fingerprint density at radius 3 is 1.16 bits per heavy atom. The van der Waals surface area contributed by atoms with Crippen LogP contribution in [0.5, 0.6) is 34.5 Å². The van der Waals surface area contributed by atoms with E-state index in [1.54, 1.807) is 4.90 Å². The number of rotatable bonds is 17. The fourth-order valence-corrected chi connectivity index (χ4v) is 14.5. The summed E-state index contributed by atoms with van der Waals surface area (Å²) < 4.78 is 39.1. The quantitative estimate of drug-likeness (QED) is 0.0285. The molecule has 0 aliphatic carbocycles. The molecule has 0 bridgehead atoms. The number of aromatic nitrogens is 12. The van der Waals surface area contributed by atoms with E-state index in [1.165, 1.54) is 50.7 Å². The third-order valence-corrected chi connectivity index (χ3v) is 20.3. The Bertz CT molecular complexity index is 5100. The molecular weight excluding hydrogens is 1760 g/mol. The minimum Gasteiger partial charge on any atom is -0.457 e. The van der Waals surface area contributed by atoms with Crippen molar-refractivity contribution in [3.05, 3.63) is 195 Å². The smallest absolute Gasteiger partial charge is 0.246 e. The van der Waals surface area contributed by atoms with Gasteiger partial charge in [0.25, 0.3) is 0 Å². The van der Waals surface area contributed by atoms with Crippen LogP contribution in [0.4, 0.5) is 17.5 Å². The van der Waals surface area contributed by atoms with Gasteiger partial charge in [-0.15, -0.1) is 23.2 Å². The van der Waals surface area contributed by atoms with Gasteiger partial charge < -0.3 is 56.0 Å². The molecule has 17 rings (SSSR count). The molecule has 2 unspecified atom stereocenters. The summed E-state index contributed by atoms with van der Waals surface area (Å²) in [6.07, 6.45) is 18.3. The molecule has 31 heteroatoms. The van der Waals surface area contributed by atoms with Gasteiger partial charge in [-0.05, 0) is 213 Å². The van der Waals surface area contributed by atoms with Crippen molar-refractivity contribution in [2.45, 2.75) is 121 Å². The van der Waals surface area contributed by atoms with Gasteiger partial charge in [-0.25, -0.2) is 43.9 Å². The van der Waals surface area contributed by atoms with Gasteiger partial charge in [0.1, 0.15) is 88.0 Å². The van der Waals surface area contributed by atoms with Gasteiger partial charge in [-0.1, -0.05) is 61.2 Å². The Balaban J connectivity index is 0.000000164. The fraction of sp³-hybridized carbons (Fsp3) is 0.341. The van der Waals surface area contributed by atoms with Crippen molar-refractivity contribution in [2.75, 3.05) is 81.4 Å². The monoisotopic (exact) mass is 1850 g/mol. The molecule has 5 aliphatic heterocycles. The predicted molar refractivity (Wildman–Crippen MR) is 454 cm³/mol. The topological polar surface area (TPSA) is 325 Å². The number of para-hydroxylation sites is 3. The maximum atomic E-state index is 12.4. The molecule has 5 atom stereocenters. The van der Waals surface area contributed by atoms with Crippen molar-refractivity contribution >= 4 is 111 Å². The van der Waals surface area contributed by atoms with E-state index in [-0.39, 0.29) is 72.7 Å². The fourth-order valence-electron chi connectivity index (χ4n) is 14.0. The molecule has 2 radical (unpaired) electrons. The number of anilines is 3. The first kappa shape index (κ1) is 86.8. The van der Waals surface area contributed by atoms with E-state index in [9.17, 15) is 14.4 Å². The number of benzene rings is 6. The molecule has 6 aromatic carbocycles. The number of halogens is 3. The van der Waals surface area contributed by atoms with E-state index in [4.69, 9.17) is 92.3 Å². The molecular formula is C85H96BCl3N18O8U. The normalized spacial score (nSPS) is 17.5. The van der Waals surface area contributed by atoms with E-state index in [1.807, 2.05) is 183 Å². The second kappa shape index (κ2) is 44.4. The Hall–Kier alpha value is -10.0. The molecule has 11 heterocycles. The van der Waals surface area contributed by atoms with E-state index in [0.29, 0.717) is 101 Å². The molecule has 5 fully saturated rings. The van der Waals surface area contributed by atoms with Gasteiger partial charge >= 0.3 is 0 Å².